The number of hydrogen-bond acceptors (Lipinski definition) is 11. The number of benzene rings is 1. The average molecular weight is 877 g/mol. The highest BCUT2D eigenvalue weighted by Crippen LogP contribution is 2.46. The van der Waals surface area contributed by atoms with Gasteiger partial charge in [0.2, 0.25) is 27.7 Å². The van der Waals surface area contributed by atoms with Crippen LogP contribution in [0.3, 0.4) is 0 Å². The number of fused-ring (bicyclic) bond motifs is 3. The van der Waals surface area contributed by atoms with Gasteiger partial charge in [-0.05, 0) is 68.9 Å². The second kappa shape index (κ2) is 18.1. The molecule has 4 fully saturated rings. The molecule has 4 N–H and O–H groups in total. The van der Waals surface area contributed by atoms with Crippen LogP contribution in [-0.2, 0) is 47.0 Å². The molecule has 6 amide bonds. The van der Waals surface area contributed by atoms with Gasteiger partial charge in [0.05, 0.1) is 24.5 Å². The Hall–Kier alpha value is -5.46. The lowest BCUT2D eigenvalue weighted by molar-refractivity contribution is -0.143. The molecule has 17 nitrogen and oxygen atoms in total. The highest BCUT2D eigenvalue weighted by molar-refractivity contribution is 7.91. The van der Waals surface area contributed by atoms with Crippen LogP contribution in [0.2, 0.25) is 0 Å². The fourth-order valence-corrected chi connectivity index (χ4v) is 10.7. The summed E-state index contributed by atoms with van der Waals surface area (Å²) >= 11 is 0. The third-order valence-electron chi connectivity index (χ3n) is 13.1. The van der Waals surface area contributed by atoms with E-state index in [1.54, 1.807) is 12.1 Å². The van der Waals surface area contributed by atoms with Crippen molar-refractivity contribution in [1.29, 1.82) is 0 Å². The molecule has 3 saturated carbocycles. The smallest absolute Gasteiger partial charge is 0.410 e. The van der Waals surface area contributed by atoms with Gasteiger partial charge < -0.3 is 25.6 Å². The number of nitrogens with zero attached hydrogens (tertiary/aromatic N) is 4. The van der Waals surface area contributed by atoms with E-state index in [0.29, 0.717) is 62.5 Å². The summed E-state index contributed by atoms with van der Waals surface area (Å²) in [4.78, 5) is 95.2. The lowest BCUT2D eigenvalue weighted by Gasteiger charge is -2.33. The van der Waals surface area contributed by atoms with Gasteiger partial charge in [-0.1, -0.05) is 56.4 Å². The summed E-state index contributed by atoms with van der Waals surface area (Å²) in [6, 6.07) is 1.14. The zero-order valence-corrected chi connectivity index (χ0v) is 35.2. The SMILES string of the molecule is O=C(N[C@H](C(=O)N[C@H]1CCCCC/C=C\C2C[C@@]2(C(=O)NS(=O)(=O)C2CC2)NC(=O)C2C[C@@H](OC(=O)N3Cc4cccc(F)c4C3)CN2C1=O)C1CCCCC1)c1cnccn1. The monoisotopic (exact) mass is 876 g/mol. The molecule has 3 aliphatic carbocycles. The van der Waals surface area contributed by atoms with Gasteiger partial charge in [-0.2, -0.15) is 0 Å². The predicted molar refractivity (Wildman–Crippen MR) is 219 cm³/mol. The van der Waals surface area contributed by atoms with Gasteiger partial charge >= 0.3 is 6.09 Å². The fourth-order valence-electron chi connectivity index (χ4n) is 9.33. The minimum absolute atomic E-state index is 0.0277. The third kappa shape index (κ3) is 9.46. The number of carbonyl (C=O) groups is 6. The molecule has 3 aliphatic heterocycles. The topological polar surface area (TPSA) is 226 Å². The van der Waals surface area contributed by atoms with Crippen LogP contribution in [0.15, 0.2) is 48.9 Å². The number of carbonyl (C=O) groups excluding carboxylic acids is 6. The maximum atomic E-state index is 14.9. The number of rotatable bonds is 9. The number of aromatic nitrogens is 2. The van der Waals surface area contributed by atoms with Crippen molar-refractivity contribution in [2.45, 2.75) is 138 Å². The third-order valence-corrected chi connectivity index (χ3v) is 14.9. The first-order valence-electron chi connectivity index (χ1n) is 21.8. The fraction of sp³-hybridized carbons (Fsp3) is 0.581. The minimum atomic E-state index is -3.97. The van der Waals surface area contributed by atoms with Crippen LogP contribution in [0.1, 0.15) is 112 Å². The number of nitrogens with one attached hydrogen (secondary N) is 4. The number of allylic oxidation sites excluding steroid dienone is 1. The summed E-state index contributed by atoms with van der Waals surface area (Å²) in [5, 5.41) is 7.92. The summed E-state index contributed by atoms with van der Waals surface area (Å²) in [6.07, 6.45) is 13.7. The minimum Gasteiger partial charge on any atom is -0.444 e. The molecule has 19 heteroatoms. The molecule has 6 aliphatic rings. The molecule has 1 aromatic heterocycles. The van der Waals surface area contributed by atoms with Crippen LogP contribution in [-0.4, -0.2) is 105 Å². The standard InChI is InChI=1S/C43H53FN8O9S/c44-32-14-9-12-27-23-51(25-31(27)32)42(58)61-29-20-35-38(54)49-43(41(57)50-62(59,60)30-16-17-30)21-28(43)13-7-2-1-3-8-15-33(40(56)52(35)24-29)47-39(55)36(26-10-5-4-6-11-26)48-37(53)34-22-45-18-19-46-34/h7,9,12-14,18-19,22,26,28-30,33,35-36H,1-6,8,10-11,15-17,20-21,23-25H2,(H,47,55)(H,48,53)(H,49,54)(H,50,57)/b13-7-/t28?,29-,33+,35?,36+,43-/m1/s1. The van der Waals surface area contributed by atoms with Crippen LogP contribution >= 0.6 is 0 Å². The molecule has 332 valence electrons. The summed E-state index contributed by atoms with van der Waals surface area (Å²) < 4.78 is 48.5. The molecule has 2 aromatic rings. The van der Waals surface area contributed by atoms with Crippen LogP contribution < -0.4 is 20.7 Å². The van der Waals surface area contributed by atoms with Gasteiger partial charge in [-0.3, -0.25) is 38.6 Å². The number of sulfonamides is 1. The summed E-state index contributed by atoms with van der Waals surface area (Å²) in [5.41, 5.74) is -0.568. The molecule has 0 spiro atoms. The van der Waals surface area contributed by atoms with Gasteiger partial charge in [-0.15, -0.1) is 0 Å². The molecule has 8 rings (SSSR count). The molecular weight excluding hydrogens is 824 g/mol. The van der Waals surface area contributed by atoms with E-state index in [2.05, 4.69) is 30.6 Å². The van der Waals surface area contributed by atoms with Crippen LogP contribution in [0.25, 0.3) is 0 Å². The first-order chi connectivity index (χ1) is 29.8. The Balaban J connectivity index is 1.06. The van der Waals surface area contributed by atoms with Crippen LogP contribution in [0.4, 0.5) is 9.18 Å². The Morgan fingerprint density at radius 1 is 0.968 bits per heavy atom. The lowest BCUT2D eigenvalue weighted by atomic mass is 9.83. The van der Waals surface area contributed by atoms with E-state index in [0.717, 1.165) is 19.3 Å². The Morgan fingerprint density at radius 3 is 2.48 bits per heavy atom. The van der Waals surface area contributed by atoms with Gasteiger partial charge in [0, 0.05) is 36.8 Å². The Morgan fingerprint density at radius 2 is 1.74 bits per heavy atom. The Bertz CT molecular complexity index is 2220. The van der Waals surface area contributed by atoms with Crippen molar-refractivity contribution in [2.75, 3.05) is 6.54 Å². The van der Waals surface area contributed by atoms with E-state index >= 15 is 0 Å². The molecule has 1 saturated heterocycles. The van der Waals surface area contributed by atoms with Crippen molar-refractivity contribution in [3.63, 3.8) is 0 Å². The van der Waals surface area contributed by atoms with E-state index in [-0.39, 0.29) is 50.5 Å². The number of hydrogen-bond donors (Lipinski definition) is 4. The van der Waals surface area contributed by atoms with Gasteiger partial charge in [0.15, 0.2) is 0 Å². The molecule has 4 heterocycles. The summed E-state index contributed by atoms with van der Waals surface area (Å²) in [7, 11) is -3.97. The van der Waals surface area contributed by atoms with E-state index in [1.807, 2.05) is 12.2 Å². The first kappa shape index (κ1) is 43.2. The quantitative estimate of drug-likeness (QED) is 0.268. The number of ether oxygens (including phenoxy) is 1. The predicted octanol–water partition coefficient (Wildman–Crippen LogP) is 2.90. The molecule has 0 radical (unpaired) electrons. The van der Waals surface area contributed by atoms with Crippen molar-refractivity contribution in [1.82, 2.24) is 40.4 Å². The van der Waals surface area contributed by atoms with Crippen molar-refractivity contribution < 1.29 is 46.3 Å². The zero-order valence-electron chi connectivity index (χ0n) is 34.4. The van der Waals surface area contributed by atoms with E-state index in [9.17, 15) is 41.6 Å². The van der Waals surface area contributed by atoms with E-state index in [4.69, 9.17) is 4.74 Å². The van der Waals surface area contributed by atoms with Gasteiger partial charge in [0.1, 0.15) is 41.3 Å². The molecule has 1 aromatic carbocycles. The number of halogens is 1. The zero-order chi connectivity index (χ0) is 43.6. The second-order valence-electron chi connectivity index (χ2n) is 17.5. The summed E-state index contributed by atoms with van der Waals surface area (Å²) in [6.45, 7) is -0.163. The highest BCUT2D eigenvalue weighted by Gasteiger charge is 2.62. The maximum Gasteiger partial charge on any atom is 0.410 e. The Labute approximate surface area is 359 Å². The molecule has 2 unspecified atom stereocenters. The number of amides is 6. The largest absolute Gasteiger partial charge is 0.444 e. The van der Waals surface area contributed by atoms with Crippen molar-refractivity contribution in [3.05, 3.63) is 71.6 Å². The van der Waals surface area contributed by atoms with Crippen molar-refractivity contribution in [2.24, 2.45) is 11.8 Å². The van der Waals surface area contributed by atoms with E-state index < -0.39 is 92.4 Å². The molecule has 62 heavy (non-hydrogen) atoms. The van der Waals surface area contributed by atoms with Crippen LogP contribution in [0, 0.1) is 17.7 Å². The Kier molecular flexibility index (Phi) is 12.6. The second-order valence-corrected chi connectivity index (χ2v) is 19.5. The summed E-state index contributed by atoms with van der Waals surface area (Å²) in [5.74, 6) is -4.56. The molecular formula is C43H53FN8O9S. The average Bonchev–Trinajstić information content (AvgIpc) is 4.15. The van der Waals surface area contributed by atoms with Crippen molar-refractivity contribution >= 4 is 45.7 Å². The first-order valence-corrected chi connectivity index (χ1v) is 23.3. The lowest BCUT2D eigenvalue weighted by Crippen LogP contribution is -2.60. The van der Waals surface area contributed by atoms with Gasteiger partial charge in [0.25, 0.3) is 11.8 Å². The van der Waals surface area contributed by atoms with Crippen LogP contribution in [0.5, 0.6) is 0 Å². The highest BCUT2D eigenvalue weighted by atomic mass is 32.2. The van der Waals surface area contributed by atoms with E-state index in [1.165, 1.54) is 34.5 Å². The molecule has 6 atom stereocenters. The molecule has 0 bridgehead atoms. The van der Waals surface area contributed by atoms with Gasteiger partial charge in [-0.25, -0.2) is 22.6 Å². The van der Waals surface area contributed by atoms with Crippen molar-refractivity contribution in [3.8, 4) is 0 Å². The maximum absolute atomic E-state index is 14.9. The normalized spacial score (nSPS) is 27.8.